The van der Waals surface area contributed by atoms with E-state index in [1.807, 2.05) is 24.3 Å². The second-order valence-electron chi connectivity index (χ2n) is 8.42. The summed E-state index contributed by atoms with van der Waals surface area (Å²) in [5.74, 6) is 2.20. The number of benzene rings is 1. The van der Waals surface area contributed by atoms with Crippen molar-refractivity contribution in [1.82, 2.24) is 10.2 Å². The van der Waals surface area contributed by atoms with E-state index in [-0.39, 0.29) is 5.91 Å². The van der Waals surface area contributed by atoms with Gasteiger partial charge in [-0.25, -0.2) is 0 Å². The molecule has 0 radical (unpaired) electrons. The Morgan fingerprint density at radius 1 is 1.14 bits per heavy atom. The molecule has 0 bridgehead atoms. The van der Waals surface area contributed by atoms with Crippen molar-refractivity contribution in [3.05, 3.63) is 29.8 Å². The molecule has 0 spiro atoms. The first kappa shape index (κ1) is 23.3. The Hall–Kier alpha value is -2.01. The molecule has 0 aromatic heterocycles. The Labute approximate surface area is 176 Å². The predicted molar refractivity (Wildman–Crippen MR) is 119 cm³/mol. The number of amides is 1. The van der Waals surface area contributed by atoms with Crippen LogP contribution in [0.15, 0.2) is 24.3 Å². The molecule has 5 heteroatoms. The summed E-state index contributed by atoms with van der Waals surface area (Å²) in [4.78, 5) is 14.4. The lowest BCUT2D eigenvalue weighted by molar-refractivity contribution is -0.117. The Morgan fingerprint density at radius 2 is 1.90 bits per heavy atom. The zero-order chi connectivity index (χ0) is 21.1. The Morgan fingerprint density at radius 3 is 2.59 bits per heavy atom. The van der Waals surface area contributed by atoms with E-state index < -0.39 is 0 Å². The van der Waals surface area contributed by atoms with Gasteiger partial charge in [0.2, 0.25) is 5.91 Å². The largest absolute Gasteiger partial charge is 0.493 e. The first-order valence-electron chi connectivity index (χ1n) is 10.9. The molecule has 1 saturated carbocycles. The molecular formula is C24H38N2O3. The van der Waals surface area contributed by atoms with Crippen LogP contribution in [0.4, 0.5) is 0 Å². The van der Waals surface area contributed by atoms with Crippen molar-refractivity contribution >= 4 is 12.0 Å². The third kappa shape index (κ3) is 8.90. The topological polar surface area (TPSA) is 50.8 Å². The number of hydrogen-bond donors (Lipinski definition) is 1. The molecule has 0 saturated heterocycles. The molecule has 0 heterocycles. The number of ether oxygens (including phenoxy) is 2. The lowest BCUT2D eigenvalue weighted by Gasteiger charge is -2.26. The van der Waals surface area contributed by atoms with Gasteiger partial charge in [0.05, 0.1) is 13.7 Å². The van der Waals surface area contributed by atoms with E-state index >= 15 is 0 Å². The summed E-state index contributed by atoms with van der Waals surface area (Å²) in [5, 5.41) is 3.12. The van der Waals surface area contributed by atoms with E-state index in [2.05, 4.69) is 31.2 Å². The average molecular weight is 403 g/mol. The average Bonchev–Trinajstić information content (AvgIpc) is 2.71. The molecule has 2 rings (SSSR count). The minimum atomic E-state index is -0.0263. The molecule has 1 aromatic rings. The fraction of sp³-hybridized carbons (Fsp3) is 0.625. The van der Waals surface area contributed by atoms with Gasteiger partial charge in [-0.05, 0) is 95.3 Å². The summed E-state index contributed by atoms with van der Waals surface area (Å²) >= 11 is 0. The first-order valence-corrected chi connectivity index (χ1v) is 10.9. The van der Waals surface area contributed by atoms with E-state index in [4.69, 9.17) is 9.47 Å². The Bertz CT molecular complexity index is 650. The molecule has 0 aliphatic heterocycles. The summed E-state index contributed by atoms with van der Waals surface area (Å²) in [6.45, 7) is 4.07. The molecule has 1 fully saturated rings. The van der Waals surface area contributed by atoms with Gasteiger partial charge in [0.1, 0.15) is 0 Å². The SMILES string of the molecule is COc1cc(C=CC(=O)NC2CCC(C)CC2)ccc1OCCCCCN(C)C. The second-order valence-corrected chi connectivity index (χ2v) is 8.42. The lowest BCUT2D eigenvalue weighted by Crippen LogP contribution is -2.36. The van der Waals surface area contributed by atoms with Crippen molar-refractivity contribution in [3.63, 3.8) is 0 Å². The number of nitrogens with zero attached hydrogens (tertiary/aromatic N) is 1. The summed E-state index contributed by atoms with van der Waals surface area (Å²) in [7, 11) is 5.83. The van der Waals surface area contributed by atoms with Crippen LogP contribution in [-0.2, 0) is 4.79 Å². The number of carbonyl (C=O) groups is 1. The maximum atomic E-state index is 12.2. The Kier molecular flexibility index (Phi) is 10.1. The molecular weight excluding hydrogens is 364 g/mol. The maximum Gasteiger partial charge on any atom is 0.244 e. The third-order valence-electron chi connectivity index (χ3n) is 5.48. The van der Waals surface area contributed by atoms with Crippen molar-refractivity contribution in [2.75, 3.05) is 34.4 Å². The maximum absolute atomic E-state index is 12.2. The van der Waals surface area contributed by atoms with Gasteiger partial charge in [0, 0.05) is 12.1 Å². The van der Waals surface area contributed by atoms with E-state index in [0.717, 1.165) is 49.5 Å². The zero-order valence-corrected chi connectivity index (χ0v) is 18.6. The normalized spacial score (nSPS) is 19.5. The first-order chi connectivity index (χ1) is 14.0. The van der Waals surface area contributed by atoms with Crippen molar-refractivity contribution in [2.24, 2.45) is 5.92 Å². The summed E-state index contributed by atoms with van der Waals surface area (Å²) in [5.41, 5.74) is 0.924. The summed E-state index contributed by atoms with van der Waals surface area (Å²) in [6.07, 6.45) is 11.3. The zero-order valence-electron chi connectivity index (χ0n) is 18.6. The van der Waals surface area contributed by atoms with Crippen molar-refractivity contribution < 1.29 is 14.3 Å². The fourth-order valence-corrected chi connectivity index (χ4v) is 3.62. The van der Waals surface area contributed by atoms with Crippen molar-refractivity contribution in [2.45, 2.75) is 57.9 Å². The minimum Gasteiger partial charge on any atom is -0.493 e. The third-order valence-corrected chi connectivity index (χ3v) is 5.48. The van der Waals surface area contributed by atoms with Crippen molar-refractivity contribution in [1.29, 1.82) is 0 Å². The van der Waals surface area contributed by atoms with Gasteiger partial charge in [-0.15, -0.1) is 0 Å². The summed E-state index contributed by atoms with van der Waals surface area (Å²) in [6, 6.07) is 6.09. The molecule has 162 valence electrons. The number of carbonyl (C=O) groups excluding carboxylic acids is 1. The highest BCUT2D eigenvalue weighted by Gasteiger charge is 2.18. The molecule has 5 nitrogen and oxygen atoms in total. The molecule has 1 N–H and O–H groups in total. The van der Waals surface area contributed by atoms with Gasteiger partial charge in [-0.2, -0.15) is 0 Å². The van der Waals surface area contributed by atoms with Gasteiger partial charge < -0.3 is 19.7 Å². The number of unbranched alkanes of at least 4 members (excludes halogenated alkanes) is 2. The van der Waals surface area contributed by atoms with Crippen LogP contribution in [0.25, 0.3) is 6.08 Å². The molecule has 1 aliphatic rings. The van der Waals surface area contributed by atoms with Gasteiger partial charge in [-0.1, -0.05) is 13.0 Å². The fourth-order valence-electron chi connectivity index (χ4n) is 3.62. The highest BCUT2D eigenvalue weighted by molar-refractivity contribution is 5.92. The Balaban J connectivity index is 1.79. The van der Waals surface area contributed by atoms with Crippen LogP contribution in [0.1, 0.15) is 57.4 Å². The van der Waals surface area contributed by atoms with Crippen molar-refractivity contribution in [3.8, 4) is 11.5 Å². The van der Waals surface area contributed by atoms with Crippen LogP contribution in [0.3, 0.4) is 0 Å². The minimum absolute atomic E-state index is 0.0263. The number of hydrogen-bond acceptors (Lipinski definition) is 4. The molecule has 1 amide bonds. The summed E-state index contributed by atoms with van der Waals surface area (Å²) < 4.78 is 11.4. The number of nitrogens with one attached hydrogen (secondary N) is 1. The molecule has 1 aromatic carbocycles. The van der Waals surface area contributed by atoms with Crippen LogP contribution in [-0.4, -0.2) is 51.2 Å². The predicted octanol–water partition coefficient (Wildman–Crippen LogP) is 4.51. The van der Waals surface area contributed by atoms with Crippen LogP contribution >= 0.6 is 0 Å². The highest BCUT2D eigenvalue weighted by atomic mass is 16.5. The second kappa shape index (κ2) is 12.5. The number of methoxy groups -OCH3 is 1. The van der Waals surface area contributed by atoms with Gasteiger partial charge >= 0.3 is 0 Å². The molecule has 0 atom stereocenters. The standard InChI is InChI=1S/C24H38N2O3/c1-19-8-12-21(13-9-19)25-24(27)15-11-20-10-14-22(23(18-20)28-4)29-17-7-5-6-16-26(2)3/h10-11,14-15,18-19,21H,5-9,12-13,16-17H2,1-4H3,(H,25,27). The monoisotopic (exact) mass is 402 g/mol. The van der Waals surface area contributed by atoms with Gasteiger partial charge in [0.15, 0.2) is 11.5 Å². The van der Waals surface area contributed by atoms with E-state index in [1.54, 1.807) is 13.2 Å². The smallest absolute Gasteiger partial charge is 0.244 e. The molecule has 1 aliphatic carbocycles. The van der Waals surface area contributed by atoms with E-state index in [0.29, 0.717) is 18.4 Å². The molecule has 29 heavy (non-hydrogen) atoms. The van der Waals surface area contributed by atoms with Gasteiger partial charge in [0.25, 0.3) is 0 Å². The van der Waals surface area contributed by atoms with Gasteiger partial charge in [-0.3, -0.25) is 4.79 Å². The van der Waals surface area contributed by atoms with Crippen LogP contribution in [0.2, 0.25) is 0 Å². The quantitative estimate of drug-likeness (QED) is 0.437. The van der Waals surface area contributed by atoms with E-state index in [1.165, 1.54) is 19.3 Å². The molecule has 0 unspecified atom stereocenters. The van der Waals surface area contributed by atoms with Crippen LogP contribution in [0, 0.1) is 5.92 Å². The van der Waals surface area contributed by atoms with Crippen LogP contribution in [0.5, 0.6) is 11.5 Å². The lowest BCUT2D eigenvalue weighted by atomic mass is 9.87. The van der Waals surface area contributed by atoms with Crippen LogP contribution < -0.4 is 14.8 Å². The number of rotatable bonds is 11. The van der Waals surface area contributed by atoms with E-state index in [9.17, 15) is 4.79 Å². The highest BCUT2D eigenvalue weighted by Crippen LogP contribution is 2.29.